The molecule has 6 heteroatoms. The Kier molecular flexibility index (Phi) is 4.70. The lowest BCUT2D eigenvalue weighted by Crippen LogP contribution is -2.19. The molecule has 1 aliphatic heterocycles. The zero-order valence-electron chi connectivity index (χ0n) is 13.5. The Balaban J connectivity index is 1.74. The quantitative estimate of drug-likeness (QED) is 0.426. The Bertz CT molecular complexity index is 815. The number of hydrogen-bond donors (Lipinski definition) is 3. The molecular formula is C19H18N2O4. The van der Waals surface area contributed by atoms with Gasteiger partial charge in [-0.05, 0) is 35.7 Å². The molecule has 0 bridgehead atoms. The minimum atomic E-state index is -1.48. The predicted octanol–water partition coefficient (Wildman–Crippen LogP) is 2.71. The Labute approximate surface area is 145 Å². The van der Waals surface area contributed by atoms with Crippen molar-refractivity contribution in [3.05, 3.63) is 71.4 Å². The molecule has 25 heavy (non-hydrogen) atoms. The number of hydrogen-bond acceptors (Lipinski definition) is 4. The lowest BCUT2D eigenvalue weighted by atomic mass is 10.1. The topological polar surface area (TPSA) is 89.9 Å². The number of carboxylic acid groups (broad SMARTS) is 2. The molecule has 0 atom stereocenters. The number of rotatable bonds is 6. The molecule has 1 heterocycles. The zero-order chi connectivity index (χ0) is 17.8. The van der Waals surface area contributed by atoms with Crippen LogP contribution in [0.3, 0.4) is 0 Å². The van der Waals surface area contributed by atoms with E-state index in [9.17, 15) is 9.59 Å². The highest BCUT2D eigenvalue weighted by Crippen LogP contribution is 2.31. The minimum Gasteiger partial charge on any atom is -0.477 e. The maximum Gasteiger partial charge on any atom is 0.344 e. The number of benzene rings is 2. The van der Waals surface area contributed by atoms with Gasteiger partial charge >= 0.3 is 11.9 Å². The highest BCUT2D eigenvalue weighted by Gasteiger charge is 2.20. The fraction of sp³-hybridized carbons (Fsp3) is 0.158. The van der Waals surface area contributed by atoms with Crippen molar-refractivity contribution >= 4 is 23.3 Å². The molecule has 3 N–H and O–H groups in total. The molecule has 2 aromatic rings. The van der Waals surface area contributed by atoms with Gasteiger partial charge < -0.3 is 20.4 Å². The van der Waals surface area contributed by atoms with Gasteiger partial charge in [0.25, 0.3) is 0 Å². The van der Waals surface area contributed by atoms with E-state index in [1.165, 1.54) is 5.56 Å². The van der Waals surface area contributed by atoms with Crippen LogP contribution in [0, 0.1) is 0 Å². The van der Waals surface area contributed by atoms with Gasteiger partial charge in [-0.1, -0.05) is 30.3 Å². The smallest absolute Gasteiger partial charge is 0.344 e. The van der Waals surface area contributed by atoms with Crippen LogP contribution >= 0.6 is 0 Å². The number of carbonyl (C=O) groups is 2. The standard InChI is InChI=1S/C19H18N2O4/c22-18(23)16(19(24)25)11-20-15-6-7-17-14(10-15)8-9-21(17)12-13-4-2-1-3-5-13/h1-7,10-11,20H,8-9,12H2,(H,22,23)(H,24,25). The van der Waals surface area contributed by atoms with Crippen molar-refractivity contribution in [2.75, 3.05) is 16.8 Å². The summed E-state index contributed by atoms with van der Waals surface area (Å²) in [7, 11) is 0. The molecule has 0 amide bonds. The summed E-state index contributed by atoms with van der Waals surface area (Å²) in [5.41, 5.74) is 3.51. The van der Waals surface area contributed by atoms with E-state index in [-0.39, 0.29) is 0 Å². The van der Waals surface area contributed by atoms with E-state index in [1.807, 2.05) is 36.4 Å². The van der Waals surface area contributed by atoms with E-state index in [0.29, 0.717) is 5.69 Å². The summed E-state index contributed by atoms with van der Waals surface area (Å²) in [5, 5.41) is 20.5. The SMILES string of the molecule is O=C(O)C(=CNc1ccc2c(c1)CCN2Cc1ccccc1)C(=O)O. The summed E-state index contributed by atoms with van der Waals surface area (Å²) in [4.78, 5) is 24.0. The zero-order valence-corrected chi connectivity index (χ0v) is 13.5. The summed E-state index contributed by atoms with van der Waals surface area (Å²) in [5.74, 6) is -2.95. The summed E-state index contributed by atoms with van der Waals surface area (Å²) < 4.78 is 0. The first kappa shape index (κ1) is 16.6. The van der Waals surface area contributed by atoms with Crippen molar-refractivity contribution in [2.24, 2.45) is 0 Å². The summed E-state index contributed by atoms with van der Waals surface area (Å²) in [6.45, 7) is 1.75. The lowest BCUT2D eigenvalue weighted by Gasteiger charge is -2.19. The van der Waals surface area contributed by atoms with Gasteiger partial charge in [-0.15, -0.1) is 0 Å². The number of anilines is 2. The second kappa shape index (κ2) is 7.09. The number of aliphatic carboxylic acids is 2. The van der Waals surface area contributed by atoms with Gasteiger partial charge in [0.05, 0.1) is 0 Å². The maximum absolute atomic E-state index is 10.9. The molecule has 1 aliphatic rings. The average molecular weight is 338 g/mol. The van der Waals surface area contributed by atoms with Crippen molar-refractivity contribution in [3.8, 4) is 0 Å². The van der Waals surface area contributed by atoms with Crippen molar-refractivity contribution < 1.29 is 19.8 Å². The molecule has 6 nitrogen and oxygen atoms in total. The number of nitrogens with zero attached hydrogens (tertiary/aromatic N) is 1. The normalized spacial score (nSPS) is 12.4. The fourth-order valence-electron chi connectivity index (χ4n) is 2.90. The largest absolute Gasteiger partial charge is 0.477 e. The highest BCUT2D eigenvalue weighted by atomic mass is 16.4. The van der Waals surface area contributed by atoms with Crippen LogP contribution in [0.2, 0.25) is 0 Å². The molecule has 128 valence electrons. The second-order valence-corrected chi connectivity index (χ2v) is 5.81. The predicted molar refractivity (Wildman–Crippen MR) is 94.6 cm³/mol. The fourth-order valence-corrected chi connectivity index (χ4v) is 2.90. The third-order valence-corrected chi connectivity index (χ3v) is 4.13. The molecule has 3 rings (SSSR count). The molecule has 2 aromatic carbocycles. The molecule has 0 radical (unpaired) electrons. The third-order valence-electron chi connectivity index (χ3n) is 4.13. The number of fused-ring (bicyclic) bond motifs is 1. The first-order valence-corrected chi connectivity index (χ1v) is 7.89. The molecule has 0 saturated carbocycles. The van der Waals surface area contributed by atoms with Crippen LogP contribution in [-0.4, -0.2) is 28.7 Å². The van der Waals surface area contributed by atoms with Gasteiger partial charge in [0, 0.05) is 30.7 Å². The van der Waals surface area contributed by atoms with E-state index in [2.05, 4.69) is 22.3 Å². The Morgan fingerprint density at radius 2 is 1.80 bits per heavy atom. The van der Waals surface area contributed by atoms with Gasteiger partial charge in [0.2, 0.25) is 0 Å². The van der Waals surface area contributed by atoms with Crippen molar-refractivity contribution in [3.63, 3.8) is 0 Å². The van der Waals surface area contributed by atoms with E-state index in [4.69, 9.17) is 10.2 Å². The summed E-state index contributed by atoms with van der Waals surface area (Å²) >= 11 is 0. The monoisotopic (exact) mass is 338 g/mol. The van der Waals surface area contributed by atoms with Gasteiger partial charge in [-0.3, -0.25) is 0 Å². The lowest BCUT2D eigenvalue weighted by molar-refractivity contribution is -0.140. The van der Waals surface area contributed by atoms with Crippen LogP contribution in [0.1, 0.15) is 11.1 Å². The van der Waals surface area contributed by atoms with Gasteiger partial charge in [-0.25, -0.2) is 9.59 Å². The van der Waals surface area contributed by atoms with E-state index in [1.54, 1.807) is 0 Å². The van der Waals surface area contributed by atoms with E-state index >= 15 is 0 Å². The van der Waals surface area contributed by atoms with Gasteiger partial charge in [0.15, 0.2) is 5.57 Å². The molecule has 0 fully saturated rings. The first-order valence-electron chi connectivity index (χ1n) is 7.89. The number of nitrogens with one attached hydrogen (secondary N) is 1. The van der Waals surface area contributed by atoms with Crippen LogP contribution in [0.4, 0.5) is 11.4 Å². The second-order valence-electron chi connectivity index (χ2n) is 5.81. The third kappa shape index (κ3) is 3.80. The molecule has 0 aliphatic carbocycles. The van der Waals surface area contributed by atoms with Gasteiger partial charge in [-0.2, -0.15) is 0 Å². The van der Waals surface area contributed by atoms with E-state index in [0.717, 1.165) is 37.0 Å². The molecule has 0 saturated heterocycles. The average Bonchev–Trinajstić information content (AvgIpc) is 2.97. The van der Waals surface area contributed by atoms with Crippen molar-refractivity contribution in [2.45, 2.75) is 13.0 Å². The van der Waals surface area contributed by atoms with Crippen molar-refractivity contribution in [1.29, 1.82) is 0 Å². The first-order chi connectivity index (χ1) is 12.0. The van der Waals surface area contributed by atoms with E-state index < -0.39 is 17.5 Å². The summed E-state index contributed by atoms with van der Waals surface area (Å²) in [6, 6.07) is 16.0. The van der Waals surface area contributed by atoms with Crippen LogP contribution < -0.4 is 10.2 Å². The molecular weight excluding hydrogens is 320 g/mol. The number of carboxylic acids is 2. The minimum absolute atomic E-state index is 0.667. The Morgan fingerprint density at radius 1 is 1.08 bits per heavy atom. The highest BCUT2D eigenvalue weighted by molar-refractivity contribution is 6.12. The Morgan fingerprint density at radius 3 is 2.48 bits per heavy atom. The van der Waals surface area contributed by atoms with Crippen LogP contribution in [0.25, 0.3) is 0 Å². The van der Waals surface area contributed by atoms with Crippen molar-refractivity contribution in [1.82, 2.24) is 0 Å². The molecule has 0 spiro atoms. The van der Waals surface area contributed by atoms with Gasteiger partial charge in [0.1, 0.15) is 0 Å². The van der Waals surface area contributed by atoms with Crippen LogP contribution in [0.5, 0.6) is 0 Å². The summed E-state index contributed by atoms with van der Waals surface area (Å²) in [6.07, 6.45) is 1.90. The van der Waals surface area contributed by atoms with Crippen LogP contribution in [0.15, 0.2) is 60.3 Å². The Hall–Kier alpha value is -3.28. The molecule has 0 unspecified atom stereocenters. The van der Waals surface area contributed by atoms with Crippen LogP contribution in [-0.2, 0) is 22.6 Å². The molecule has 0 aromatic heterocycles. The maximum atomic E-state index is 10.9.